The lowest BCUT2D eigenvalue weighted by Gasteiger charge is -2.20. The number of nitrogens with one attached hydrogen (secondary N) is 1. The number of hydrogen-bond acceptors (Lipinski definition) is 2. The highest BCUT2D eigenvalue weighted by molar-refractivity contribution is 6.30. The van der Waals surface area contributed by atoms with Crippen LogP contribution in [-0.4, -0.2) is 31.1 Å². The van der Waals surface area contributed by atoms with E-state index in [0.29, 0.717) is 17.6 Å². The van der Waals surface area contributed by atoms with E-state index >= 15 is 0 Å². The molecule has 0 aliphatic rings. The van der Waals surface area contributed by atoms with Gasteiger partial charge >= 0.3 is 0 Å². The van der Waals surface area contributed by atoms with Crippen molar-refractivity contribution in [3.8, 4) is 0 Å². The van der Waals surface area contributed by atoms with Crippen molar-refractivity contribution >= 4 is 11.6 Å². The molecule has 1 N–H and O–H groups in total. The monoisotopic (exact) mass is 258 g/mol. The van der Waals surface area contributed by atoms with E-state index in [1.165, 1.54) is 12.1 Å². The third-order valence-electron chi connectivity index (χ3n) is 2.77. The Hall–Kier alpha value is -0.640. The zero-order valence-electron chi connectivity index (χ0n) is 10.6. The first-order chi connectivity index (χ1) is 7.99. The fourth-order valence-electron chi connectivity index (χ4n) is 1.46. The Morgan fingerprint density at radius 3 is 2.65 bits per heavy atom. The predicted molar refractivity (Wildman–Crippen MR) is 70.9 cm³/mol. The van der Waals surface area contributed by atoms with Gasteiger partial charge in [-0.15, -0.1) is 0 Å². The van der Waals surface area contributed by atoms with Gasteiger partial charge in [-0.3, -0.25) is 0 Å². The van der Waals surface area contributed by atoms with Gasteiger partial charge in [0.15, 0.2) is 0 Å². The van der Waals surface area contributed by atoms with Gasteiger partial charge in [-0.25, -0.2) is 4.39 Å². The normalized spacial score (nSPS) is 11.5. The van der Waals surface area contributed by atoms with Gasteiger partial charge in [-0.1, -0.05) is 11.6 Å². The molecule has 1 aromatic carbocycles. The Labute approximate surface area is 108 Å². The summed E-state index contributed by atoms with van der Waals surface area (Å²) in [5.41, 5.74) is 0.877. The molecule has 0 aliphatic heterocycles. The van der Waals surface area contributed by atoms with Crippen molar-refractivity contribution in [1.82, 2.24) is 10.2 Å². The van der Waals surface area contributed by atoms with Gasteiger partial charge in [0.05, 0.1) is 0 Å². The lowest BCUT2D eigenvalue weighted by atomic mass is 10.2. The Balaban J connectivity index is 2.31. The van der Waals surface area contributed by atoms with Gasteiger partial charge in [0.2, 0.25) is 0 Å². The summed E-state index contributed by atoms with van der Waals surface area (Å²) in [5.74, 6) is -0.284. The highest BCUT2D eigenvalue weighted by Crippen LogP contribution is 2.13. The summed E-state index contributed by atoms with van der Waals surface area (Å²) in [5, 5.41) is 3.72. The average Bonchev–Trinajstić information content (AvgIpc) is 2.22. The Kier molecular flexibility index (Phi) is 5.89. The molecule has 4 heteroatoms. The van der Waals surface area contributed by atoms with E-state index in [2.05, 4.69) is 31.1 Å². The summed E-state index contributed by atoms with van der Waals surface area (Å²) >= 11 is 5.78. The second kappa shape index (κ2) is 6.94. The maximum absolute atomic E-state index is 13.1. The number of hydrogen-bond donors (Lipinski definition) is 1. The molecule has 0 saturated heterocycles. The van der Waals surface area contributed by atoms with E-state index in [1.807, 2.05) is 0 Å². The van der Waals surface area contributed by atoms with E-state index in [9.17, 15) is 4.39 Å². The van der Waals surface area contributed by atoms with E-state index in [0.717, 1.165) is 18.7 Å². The van der Waals surface area contributed by atoms with Crippen LogP contribution >= 0.6 is 11.6 Å². The number of rotatable bonds is 6. The van der Waals surface area contributed by atoms with E-state index < -0.39 is 0 Å². The SMILES string of the molecule is CC(C)N(C)CCNCc1cc(F)cc(Cl)c1. The standard InChI is InChI=1S/C13H20ClFN2/c1-10(2)17(3)5-4-16-9-11-6-12(14)8-13(15)7-11/h6-8,10,16H,4-5,9H2,1-3H3. The molecule has 0 bridgehead atoms. The van der Waals surface area contributed by atoms with E-state index in [4.69, 9.17) is 11.6 Å². The average molecular weight is 259 g/mol. The number of likely N-dealkylation sites (N-methyl/N-ethyl adjacent to an activating group) is 1. The molecule has 1 aromatic rings. The van der Waals surface area contributed by atoms with Crippen molar-refractivity contribution in [1.29, 1.82) is 0 Å². The van der Waals surface area contributed by atoms with Crippen molar-refractivity contribution in [3.05, 3.63) is 34.6 Å². The van der Waals surface area contributed by atoms with Crippen LogP contribution in [0.4, 0.5) is 4.39 Å². The Morgan fingerprint density at radius 1 is 1.35 bits per heavy atom. The van der Waals surface area contributed by atoms with Crippen molar-refractivity contribution in [2.45, 2.75) is 26.4 Å². The maximum atomic E-state index is 13.1. The van der Waals surface area contributed by atoms with Crippen molar-refractivity contribution in [2.75, 3.05) is 20.1 Å². The molecule has 0 saturated carbocycles. The van der Waals surface area contributed by atoms with Crippen LogP contribution in [0.25, 0.3) is 0 Å². The van der Waals surface area contributed by atoms with Crippen molar-refractivity contribution < 1.29 is 4.39 Å². The molecule has 0 heterocycles. The van der Waals surface area contributed by atoms with Gasteiger partial charge in [0, 0.05) is 30.7 Å². The van der Waals surface area contributed by atoms with Gasteiger partial charge in [-0.2, -0.15) is 0 Å². The number of halogens is 2. The van der Waals surface area contributed by atoms with Gasteiger partial charge in [0.1, 0.15) is 5.82 Å². The molecule has 0 unspecified atom stereocenters. The van der Waals surface area contributed by atoms with Crippen LogP contribution in [-0.2, 0) is 6.54 Å². The summed E-state index contributed by atoms with van der Waals surface area (Å²) < 4.78 is 13.1. The first kappa shape index (κ1) is 14.4. The lowest BCUT2D eigenvalue weighted by molar-refractivity contribution is 0.273. The number of benzene rings is 1. The van der Waals surface area contributed by atoms with Crippen LogP contribution in [0.1, 0.15) is 19.4 Å². The second-order valence-electron chi connectivity index (χ2n) is 4.53. The van der Waals surface area contributed by atoms with Gasteiger partial charge in [-0.05, 0) is 44.7 Å². The maximum Gasteiger partial charge on any atom is 0.125 e. The fourth-order valence-corrected chi connectivity index (χ4v) is 1.70. The molecule has 1 rings (SSSR count). The highest BCUT2D eigenvalue weighted by Gasteiger charge is 2.02. The molecular formula is C13H20ClFN2. The molecule has 0 fully saturated rings. The summed E-state index contributed by atoms with van der Waals surface area (Å²) in [7, 11) is 2.09. The molecule has 17 heavy (non-hydrogen) atoms. The predicted octanol–water partition coefficient (Wildman–Crippen LogP) is 2.91. The molecule has 0 atom stereocenters. The van der Waals surface area contributed by atoms with Crippen molar-refractivity contribution in [2.24, 2.45) is 0 Å². The van der Waals surface area contributed by atoms with Crippen LogP contribution in [0.15, 0.2) is 18.2 Å². The third-order valence-corrected chi connectivity index (χ3v) is 2.99. The smallest absolute Gasteiger partial charge is 0.125 e. The third kappa shape index (κ3) is 5.48. The lowest BCUT2D eigenvalue weighted by Crippen LogP contribution is -2.33. The van der Waals surface area contributed by atoms with Gasteiger partial charge in [0.25, 0.3) is 0 Å². The molecular weight excluding hydrogens is 239 g/mol. The second-order valence-corrected chi connectivity index (χ2v) is 4.97. The minimum absolute atomic E-state index is 0.284. The summed E-state index contributed by atoms with van der Waals surface area (Å²) in [6, 6.07) is 5.15. The summed E-state index contributed by atoms with van der Waals surface area (Å²) in [4.78, 5) is 2.26. The minimum atomic E-state index is -0.284. The quantitative estimate of drug-likeness (QED) is 0.790. The molecule has 96 valence electrons. The largest absolute Gasteiger partial charge is 0.311 e. The summed E-state index contributed by atoms with van der Waals surface area (Å²) in [6.07, 6.45) is 0. The fraction of sp³-hybridized carbons (Fsp3) is 0.538. The molecule has 0 spiro atoms. The Bertz CT molecular complexity index is 335. The van der Waals surface area contributed by atoms with Crippen LogP contribution in [0, 0.1) is 5.82 Å². The molecule has 0 aromatic heterocycles. The van der Waals surface area contributed by atoms with Crippen LogP contribution in [0.3, 0.4) is 0 Å². The Morgan fingerprint density at radius 2 is 2.06 bits per heavy atom. The first-order valence-electron chi connectivity index (χ1n) is 5.85. The first-order valence-corrected chi connectivity index (χ1v) is 6.22. The van der Waals surface area contributed by atoms with Crippen LogP contribution in [0.5, 0.6) is 0 Å². The van der Waals surface area contributed by atoms with Crippen LogP contribution in [0.2, 0.25) is 5.02 Å². The topological polar surface area (TPSA) is 15.3 Å². The molecule has 0 aliphatic carbocycles. The molecule has 2 nitrogen and oxygen atoms in total. The highest BCUT2D eigenvalue weighted by atomic mass is 35.5. The zero-order chi connectivity index (χ0) is 12.8. The van der Waals surface area contributed by atoms with E-state index in [1.54, 1.807) is 6.07 Å². The van der Waals surface area contributed by atoms with Gasteiger partial charge < -0.3 is 10.2 Å². The molecule has 0 amide bonds. The summed E-state index contributed by atoms with van der Waals surface area (Å²) in [6.45, 7) is 6.81. The van der Waals surface area contributed by atoms with E-state index in [-0.39, 0.29) is 5.82 Å². The molecule has 0 radical (unpaired) electrons. The number of nitrogens with zero attached hydrogens (tertiary/aromatic N) is 1. The minimum Gasteiger partial charge on any atom is -0.311 e. The van der Waals surface area contributed by atoms with Crippen molar-refractivity contribution in [3.63, 3.8) is 0 Å². The van der Waals surface area contributed by atoms with Crippen LogP contribution < -0.4 is 5.32 Å². The zero-order valence-corrected chi connectivity index (χ0v) is 11.4.